The molecule has 0 fully saturated rings. The van der Waals surface area contributed by atoms with Crippen LogP contribution in [0.5, 0.6) is 0 Å². The molecule has 0 saturated carbocycles. The Labute approximate surface area is 104 Å². The summed E-state index contributed by atoms with van der Waals surface area (Å²) in [7, 11) is 0. The lowest BCUT2D eigenvalue weighted by atomic mass is 10.3. The van der Waals surface area contributed by atoms with E-state index in [0.717, 1.165) is 30.4 Å². The maximum Gasteiger partial charge on any atom is 0.409 e. The summed E-state index contributed by atoms with van der Waals surface area (Å²) >= 11 is 7.68. The average molecular weight is 334 g/mol. The zero-order chi connectivity index (χ0) is 10.8. The van der Waals surface area contributed by atoms with E-state index in [-0.39, 0.29) is 6.09 Å². The number of hydrogen-bond acceptors (Lipinski definition) is 2. The third-order valence-electron chi connectivity index (χ3n) is 1.70. The first-order valence-corrected chi connectivity index (χ1v) is 6.85. The first-order valence-electron chi connectivity index (χ1n) is 4.79. The Morgan fingerprint density at radius 2 is 2.21 bits per heavy atom. The van der Waals surface area contributed by atoms with Crippen LogP contribution in [0, 0.1) is 0 Å². The lowest BCUT2D eigenvalue weighted by Crippen LogP contribution is -2.34. The molecule has 0 radical (unpaired) electrons. The molecule has 0 aliphatic heterocycles. The summed E-state index contributed by atoms with van der Waals surface area (Å²) in [6.07, 6.45) is 1.86. The van der Waals surface area contributed by atoms with E-state index in [9.17, 15) is 4.79 Å². The number of rotatable bonds is 7. The second-order valence-electron chi connectivity index (χ2n) is 2.83. The van der Waals surface area contributed by atoms with Crippen LogP contribution in [0.3, 0.4) is 0 Å². The molecule has 1 amide bonds. The number of hydrogen-bond donors (Lipinski definition) is 0. The fraction of sp³-hybridized carbons (Fsp3) is 0.889. The Bertz CT molecular complexity index is 158. The van der Waals surface area contributed by atoms with Crippen LogP contribution in [0.25, 0.3) is 0 Å². The molecular formula is C9H17ClINO2. The van der Waals surface area contributed by atoms with Gasteiger partial charge in [0.25, 0.3) is 0 Å². The minimum absolute atomic E-state index is 0.240. The van der Waals surface area contributed by atoms with E-state index < -0.39 is 0 Å². The molecule has 0 aromatic rings. The van der Waals surface area contributed by atoms with E-state index in [1.807, 2.05) is 0 Å². The summed E-state index contributed by atoms with van der Waals surface area (Å²) in [4.78, 5) is 13.2. The van der Waals surface area contributed by atoms with Gasteiger partial charge in [0.05, 0.1) is 5.88 Å². The molecule has 0 heterocycles. The molecule has 0 aliphatic rings. The van der Waals surface area contributed by atoms with E-state index in [1.54, 1.807) is 4.90 Å². The molecule has 0 aliphatic carbocycles. The van der Waals surface area contributed by atoms with Crippen molar-refractivity contribution in [3.63, 3.8) is 0 Å². The SMILES string of the molecule is CCCCN(CCI)C(=O)OCCCl. The number of unbranched alkanes of at least 4 members (excludes halogenated alkanes) is 1. The van der Waals surface area contributed by atoms with Gasteiger partial charge in [-0.15, -0.1) is 11.6 Å². The van der Waals surface area contributed by atoms with Crippen LogP contribution in [0.2, 0.25) is 0 Å². The van der Waals surface area contributed by atoms with Gasteiger partial charge in [0, 0.05) is 17.5 Å². The van der Waals surface area contributed by atoms with Crippen molar-refractivity contribution >= 4 is 40.3 Å². The highest BCUT2D eigenvalue weighted by atomic mass is 127. The van der Waals surface area contributed by atoms with Crippen LogP contribution in [0.4, 0.5) is 4.79 Å². The molecule has 14 heavy (non-hydrogen) atoms. The first kappa shape index (κ1) is 14.3. The van der Waals surface area contributed by atoms with Crippen molar-refractivity contribution < 1.29 is 9.53 Å². The second-order valence-corrected chi connectivity index (χ2v) is 4.29. The number of alkyl halides is 2. The third-order valence-corrected chi connectivity index (χ3v) is 2.33. The topological polar surface area (TPSA) is 29.5 Å². The predicted molar refractivity (Wildman–Crippen MR) is 67.4 cm³/mol. The van der Waals surface area contributed by atoms with Gasteiger partial charge in [-0.25, -0.2) is 4.79 Å². The number of amides is 1. The molecular weight excluding hydrogens is 316 g/mol. The summed E-state index contributed by atoms with van der Waals surface area (Å²) < 4.78 is 5.88. The molecule has 0 aromatic carbocycles. The third kappa shape index (κ3) is 6.70. The van der Waals surface area contributed by atoms with Crippen molar-refractivity contribution in [2.24, 2.45) is 0 Å². The Hall–Kier alpha value is 0.290. The standard InChI is InChI=1S/C9H17ClINO2/c1-2-3-6-12(7-5-11)9(13)14-8-4-10/h2-8H2,1H3. The molecule has 0 bridgehead atoms. The molecule has 0 spiro atoms. The zero-order valence-electron chi connectivity index (χ0n) is 8.47. The van der Waals surface area contributed by atoms with Crippen LogP contribution >= 0.6 is 34.2 Å². The van der Waals surface area contributed by atoms with Crippen molar-refractivity contribution in [2.75, 3.05) is 30.0 Å². The van der Waals surface area contributed by atoms with E-state index >= 15 is 0 Å². The predicted octanol–water partition coefficient (Wildman–Crippen LogP) is 2.90. The van der Waals surface area contributed by atoms with Gasteiger partial charge in [-0.05, 0) is 6.42 Å². The van der Waals surface area contributed by atoms with Gasteiger partial charge in [0.2, 0.25) is 0 Å². The largest absolute Gasteiger partial charge is 0.448 e. The average Bonchev–Trinajstić information content (AvgIpc) is 2.20. The van der Waals surface area contributed by atoms with Crippen LogP contribution in [0.1, 0.15) is 19.8 Å². The van der Waals surface area contributed by atoms with Crippen LogP contribution < -0.4 is 0 Å². The fourth-order valence-corrected chi connectivity index (χ4v) is 1.62. The Morgan fingerprint density at radius 3 is 2.71 bits per heavy atom. The van der Waals surface area contributed by atoms with E-state index in [0.29, 0.717) is 12.5 Å². The number of ether oxygens (including phenoxy) is 1. The molecule has 0 aromatic heterocycles. The lowest BCUT2D eigenvalue weighted by molar-refractivity contribution is 0.110. The number of carbonyl (C=O) groups is 1. The van der Waals surface area contributed by atoms with Crippen molar-refractivity contribution in [1.29, 1.82) is 0 Å². The Morgan fingerprint density at radius 1 is 1.50 bits per heavy atom. The van der Waals surface area contributed by atoms with Gasteiger partial charge in [0.1, 0.15) is 6.61 Å². The molecule has 0 saturated heterocycles. The van der Waals surface area contributed by atoms with Crippen LogP contribution in [-0.2, 0) is 4.74 Å². The highest BCUT2D eigenvalue weighted by Crippen LogP contribution is 2.00. The van der Waals surface area contributed by atoms with E-state index in [2.05, 4.69) is 29.5 Å². The first-order chi connectivity index (χ1) is 6.76. The lowest BCUT2D eigenvalue weighted by Gasteiger charge is -2.20. The molecule has 0 rings (SSSR count). The number of carbonyl (C=O) groups excluding carboxylic acids is 1. The summed E-state index contributed by atoms with van der Waals surface area (Å²) in [5.41, 5.74) is 0. The molecule has 5 heteroatoms. The van der Waals surface area contributed by atoms with Crippen molar-refractivity contribution in [2.45, 2.75) is 19.8 Å². The molecule has 0 N–H and O–H groups in total. The Balaban J connectivity index is 3.84. The maximum absolute atomic E-state index is 11.4. The summed E-state index contributed by atoms with van der Waals surface area (Å²) in [5, 5.41) is 0. The minimum atomic E-state index is -0.240. The zero-order valence-corrected chi connectivity index (χ0v) is 11.4. The highest BCUT2D eigenvalue weighted by molar-refractivity contribution is 14.1. The fourth-order valence-electron chi connectivity index (χ4n) is 0.963. The summed E-state index contributed by atoms with van der Waals surface area (Å²) in [6.45, 7) is 3.93. The molecule has 0 unspecified atom stereocenters. The normalized spacial score (nSPS) is 9.93. The van der Waals surface area contributed by atoms with Gasteiger partial charge in [-0.3, -0.25) is 0 Å². The smallest absolute Gasteiger partial charge is 0.409 e. The summed E-state index contributed by atoms with van der Waals surface area (Å²) in [6, 6.07) is 0. The molecule has 84 valence electrons. The maximum atomic E-state index is 11.4. The summed E-state index contributed by atoms with van der Waals surface area (Å²) in [5.74, 6) is 0.359. The van der Waals surface area contributed by atoms with Gasteiger partial charge in [0.15, 0.2) is 0 Å². The van der Waals surface area contributed by atoms with E-state index in [4.69, 9.17) is 16.3 Å². The molecule has 0 atom stereocenters. The van der Waals surface area contributed by atoms with Crippen LogP contribution in [0.15, 0.2) is 0 Å². The quantitative estimate of drug-likeness (QED) is 0.529. The highest BCUT2D eigenvalue weighted by Gasteiger charge is 2.12. The van der Waals surface area contributed by atoms with Gasteiger partial charge >= 0.3 is 6.09 Å². The van der Waals surface area contributed by atoms with Crippen molar-refractivity contribution in [1.82, 2.24) is 4.90 Å². The van der Waals surface area contributed by atoms with E-state index in [1.165, 1.54) is 0 Å². The van der Waals surface area contributed by atoms with Gasteiger partial charge in [-0.1, -0.05) is 35.9 Å². The second kappa shape index (κ2) is 9.83. The number of halogens is 2. The minimum Gasteiger partial charge on any atom is -0.448 e. The van der Waals surface area contributed by atoms with Crippen LogP contribution in [-0.4, -0.2) is 41.0 Å². The van der Waals surface area contributed by atoms with Gasteiger partial charge < -0.3 is 9.64 Å². The number of nitrogens with zero attached hydrogens (tertiary/aromatic N) is 1. The monoisotopic (exact) mass is 333 g/mol. The van der Waals surface area contributed by atoms with Gasteiger partial charge in [-0.2, -0.15) is 0 Å². The molecule has 3 nitrogen and oxygen atoms in total. The Kier molecular flexibility index (Phi) is 10.0. The van der Waals surface area contributed by atoms with Crippen molar-refractivity contribution in [3.8, 4) is 0 Å². The van der Waals surface area contributed by atoms with Crippen molar-refractivity contribution in [3.05, 3.63) is 0 Å².